The fourth-order valence-electron chi connectivity index (χ4n) is 3.17. The standard InChI is InChI=1S/C11H14O/c12-10-2-1-8-3-7-4-9(5-7)11(8)6-10/h6-9H,1-5H2. The lowest BCUT2D eigenvalue weighted by Gasteiger charge is -2.48. The first kappa shape index (κ1) is 6.88. The van der Waals surface area contributed by atoms with Crippen LogP contribution < -0.4 is 0 Å². The van der Waals surface area contributed by atoms with Gasteiger partial charge < -0.3 is 0 Å². The Morgan fingerprint density at radius 3 is 2.75 bits per heavy atom. The van der Waals surface area contributed by atoms with Crippen LogP contribution in [0.2, 0.25) is 0 Å². The molecule has 0 aromatic carbocycles. The van der Waals surface area contributed by atoms with E-state index >= 15 is 0 Å². The van der Waals surface area contributed by atoms with Crippen LogP contribution in [0.25, 0.3) is 0 Å². The molecule has 4 rings (SSSR count). The molecule has 0 amide bonds. The van der Waals surface area contributed by atoms with Gasteiger partial charge in [-0.1, -0.05) is 5.57 Å². The van der Waals surface area contributed by atoms with Crippen molar-refractivity contribution in [3.63, 3.8) is 0 Å². The van der Waals surface area contributed by atoms with Gasteiger partial charge in [0.1, 0.15) is 0 Å². The van der Waals surface area contributed by atoms with Gasteiger partial charge >= 0.3 is 0 Å². The van der Waals surface area contributed by atoms with Crippen LogP contribution in [-0.2, 0) is 4.79 Å². The Morgan fingerprint density at radius 1 is 1.17 bits per heavy atom. The summed E-state index contributed by atoms with van der Waals surface area (Å²) in [6, 6.07) is 0. The number of rotatable bonds is 0. The highest BCUT2D eigenvalue weighted by Gasteiger charge is 2.42. The van der Waals surface area contributed by atoms with Gasteiger partial charge in [-0.15, -0.1) is 0 Å². The van der Waals surface area contributed by atoms with E-state index < -0.39 is 0 Å². The summed E-state index contributed by atoms with van der Waals surface area (Å²) in [7, 11) is 0. The first-order valence-corrected chi connectivity index (χ1v) is 5.07. The summed E-state index contributed by atoms with van der Waals surface area (Å²) in [6.45, 7) is 0. The summed E-state index contributed by atoms with van der Waals surface area (Å²) in [4.78, 5) is 11.2. The number of carbonyl (C=O) groups excluding carboxylic acids is 1. The minimum absolute atomic E-state index is 0.381. The van der Waals surface area contributed by atoms with E-state index in [1.807, 2.05) is 6.08 Å². The molecule has 12 heavy (non-hydrogen) atoms. The van der Waals surface area contributed by atoms with E-state index in [1.165, 1.54) is 24.8 Å². The van der Waals surface area contributed by atoms with Gasteiger partial charge in [0.25, 0.3) is 0 Å². The van der Waals surface area contributed by atoms with Crippen molar-refractivity contribution in [2.45, 2.75) is 32.1 Å². The first-order chi connectivity index (χ1) is 5.83. The van der Waals surface area contributed by atoms with Crippen molar-refractivity contribution in [3.8, 4) is 0 Å². The quantitative estimate of drug-likeness (QED) is 0.534. The van der Waals surface area contributed by atoms with Crippen LogP contribution in [0.15, 0.2) is 11.6 Å². The Balaban J connectivity index is 1.94. The Bertz CT molecular complexity index is 258. The van der Waals surface area contributed by atoms with Crippen molar-refractivity contribution in [1.29, 1.82) is 0 Å². The van der Waals surface area contributed by atoms with Gasteiger partial charge in [-0.3, -0.25) is 4.79 Å². The number of carbonyl (C=O) groups is 1. The lowest BCUT2D eigenvalue weighted by Crippen LogP contribution is -2.38. The number of hydrogen-bond donors (Lipinski definition) is 0. The van der Waals surface area contributed by atoms with E-state index in [-0.39, 0.29) is 0 Å². The molecule has 3 fully saturated rings. The molecular weight excluding hydrogens is 148 g/mol. The smallest absolute Gasteiger partial charge is 0.155 e. The monoisotopic (exact) mass is 162 g/mol. The second-order valence-corrected chi connectivity index (χ2v) is 4.62. The zero-order valence-corrected chi connectivity index (χ0v) is 7.25. The predicted octanol–water partition coefficient (Wildman–Crippen LogP) is 2.32. The largest absolute Gasteiger partial charge is 0.295 e. The Morgan fingerprint density at radius 2 is 1.92 bits per heavy atom. The van der Waals surface area contributed by atoms with Crippen LogP contribution in [-0.4, -0.2) is 5.78 Å². The van der Waals surface area contributed by atoms with E-state index in [4.69, 9.17) is 0 Å². The molecule has 0 N–H and O–H groups in total. The molecule has 1 atom stereocenters. The maximum atomic E-state index is 11.2. The van der Waals surface area contributed by atoms with Gasteiger partial charge in [-0.25, -0.2) is 0 Å². The Labute approximate surface area is 72.8 Å². The normalized spacial score (nSPS) is 44.5. The maximum absolute atomic E-state index is 11.2. The average molecular weight is 162 g/mol. The highest BCUT2D eigenvalue weighted by Crippen LogP contribution is 2.53. The molecule has 3 saturated carbocycles. The third-order valence-corrected chi connectivity index (χ3v) is 3.86. The summed E-state index contributed by atoms with van der Waals surface area (Å²) >= 11 is 0. The third kappa shape index (κ3) is 0.825. The lowest BCUT2D eigenvalue weighted by atomic mass is 9.56. The van der Waals surface area contributed by atoms with Crippen LogP contribution in [0.1, 0.15) is 32.1 Å². The van der Waals surface area contributed by atoms with Crippen LogP contribution in [0.4, 0.5) is 0 Å². The molecule has 0 aromatic rings. The molecule has 0 radical (unpaired) electrons. The molecule has 2 bridgehead atoms. The number of ketones is 1. The second kappa shape index (κ2) is 2.21. The van der Waals surface area contributed by atoms with Crippen molar-refractivity contribution in [3.05, 3.63) is 11.6 Å². The van der Waals surface area contributed by atoms with Crippen molar-refractivity contribution >= 4 is 5.78 Å². The number of allylic oxidation sites excluding steroid dienone is 2. The highest BCUT2D eigenvalue weighted by molar-refractivity contribution is 5.91. The van der Waals surface area contributed by atoms with Crippen LogP contribution in [0, 0.1) is 17.8 Å². The maximum Gasteiger partial charge on any atom is 0.155 e. The zero-order valence-electron chi connectivity index (χ0n) is 7.25. The van der Waals surface area contributed by atoms with Crippen LogP contribution in [0.5, 0.6) is 0 Å². The van der Waals surface area contributed by atoms with E-state index in [1.54, 1.807) is 0 Å². The average Bonchev–Trinajstić information content (AvgIpc) is 2.01. The van der Waals surface area contributed by atoms with Crippen LogP contribution in [0.3, 0.4) is 0 Å². The molecule has 0 aliphatic heterocycles. The summed E-state index contributed by atoms with van der Waals surface area (Å²) in [5.74, 6) is 3.02. The van der Waals surface area contributed by atoms with Crippen molar-refractivity contribution in [2.24, 2.45) is 17.8 Å². The first-order valence-electron chi connectivity index (χ1n) is 5.07. The van der Waals surface area contributed by atoms with E-state index in [2.05, 4.69) is 0 Å². The minimum Gasteiger partial charge on any atom is -0.295 e. The number of hydrogen-bond acceptors (Lipinski definition) is 1. The predicted molar refractivity (Wildman–Crippen MR) is 46.6 cm³/mol. The SMILES string of the molecule is O=C1C=C2C(CC1)CC1CC2C1. The summed E-state index contributed by atoms with van der Waals surface area (Å²) in [5.41, 5.74) is 1.52. The molecule has 0 heterocycles. The highest BCUT2D eigenvalue weighted by atomic mass is 16.1. The minimum atomic E-state index is 0.381. The summed E-state index contributed by atoms with van der Waals surface area (Å²) < 4.78 is 0. The van der Waals surface area contributed by atoms with Gasteiger partial charge in [-0.05, 0) is 49.5 Å². The summed E-state index contributed by atoms with van der Waals surface area (Å²) in [5, 5.41) is 0. The van der Waals surface area contributed by atoms with Crippen molar-refractivity contribution < 1.29 is 4.79 Å². The molecule has 1 heteroatoms. The molecule has 0 spiro atoms. The van der Waals surface area contributed by atoms with Crippen molar-refractivity contribution in [2.75, 3.05) is 0 Å². The van der Waals surface area contributed by atoms with Crippen molar-refractivity contribution in [1.82, 2.24) is 0 Å². The fourth-order valence-corrected chi connectivity index (χ4v) is 3.17. The molecule has 1 nitrogen and oxygen atoms in total. The van der Waals surface area contributed by atoms with E-state index in [0.717, 1.165) is 30.6 Å². The molecule has 64 valence electrons. The molecule has 4 aliphatic rings. The van der Waals surface area contributed by atoms with Crippen LogP contribution >= 0.6 is 0 Å². The fraction of sp³-hybridized carbons (Fsp3) is 0.727. The van der Waals surface area contributed by atoms with E-state index in [0.29, 0.717) is 5.78 Å². The second-order valence-electron chi connectivity index (χ2n) is 4.62. The molecule has 0 aromatic heterocycles. The van der Waals surface area contributed by atoms with Gasteiger partial charge in [0.05, 0.1) is 0 Å². The van der Waals surface area contributed by atoms with Gasteiger partial charge in [-0.2, -0.15) is 0 Å². The van der Waals surface area contributed by atoms with E-state index in [9.17, 15) is 4.79 Å². The Hall–Kier alpha value is -0.590. The van der Waals surface area contributed by atoms with Gasteiger partial charge in [0, 0.05) is 6.42 Å². The molecule has 0 saturated heterocycles. The molecule has 1 unspecified atom stereocenters. The third-order valence-electron chi connectivity index (χ3n) is 3.86. The summed E-state index contributed by atoms with van der Waals surface area (Å²) in [6.07, 6.45) is 8.08. The molecule has 4 aliphatic carbocycles. The zero-order chi connectivity index (χ0) is 8.13. The van der Waals surface area contributed by atoms with Gasteiger partial charge in [0.2, 0.25) is 0 Å². The Kier molecular flexibility index (Phi) is 1.27. The lowest BCUT2D eigenvalue weighted by molar-refractivity contribution is -0.115. The molecular formula is C11H14O. The van der Waals surface area contributed by atoms with Gasteiger partial charge in [0.15, 0.2) is 5.78 Å². The topological polar surface area (TPSA) is 17.1 Å².